The number of hydrogen-bond acceptors (Lipinski definition) is 5. The first-order valence-corrected chi connectivity index (χ1v) is 12.4. The predicted molar refractivity (Wildman–Crippen MR) is 130 cm³/mol. The summed E-state index contributed by atoms with van der Waals surface area (Å²) >= 11 is 1.52. The molecule has 2 fully saturated rings. The van der Waals surface area contributed by atoms with Gasteiger partial charge in [0.1, 0.15) is 5.82 Å². The zero-order chi connectivity index (χ0) is 22.1. The lowest BCUT2D eigenvalue weighted by molar-refractivity contribution is -0.116. The second-order valence-electron chi connectivity index (χ2n) is 8.90. The molecule has 2 aliphatic carbocycles. The minimum atomic E-state index is 0.0689. The highest BCUT2D eigenvalue weighted by atomic mass is 32.2. The molecule has 0 aliphatic heterocycles. The number of nitrogens with one attached hydrogen (secondary N) is 1. The Morgan fingerprint density at radius 2 is 1.72 bits per heavy atom. The topological polar surface area (TPSA) is 63.1 Å². The molecule has 0 atom stereocenters. The molecule has 1 aromatic heterocycles. The third-order valence-corrected chi connectivity index (χ3v) is 6.79. The lowest BCUT2D eigenvalue weighted by Gasteiger charge is -2.27. The Morgan fingerprint density at radius 1 is 1.03 bits per heavy atom. The van der Waals surface area contributed by atoms with E-state index in [1.165, 1.54) is 37.4 Å². The number of aromatic nitrogens is 3. The van der Waals surface area contributed by atoms with Crippen molar-refractivity contribution in [2.45, 2.75) is 62.7 Å². The molecule has 32 heavy (non-hydrogen) atoms. The van der Waals surface area contributed by atoms with Gasteiger partial charge in [0.05, 0.1) is 5.75 Å². The maximum Gasteiger partial charge on any atom is 0.237 e. The molecule has 166 valence electrons. The highest BCUT2D eigenvalue weighted by Gasteiger charge is 2.36. The maximum absolute atomic E-state index is 13.2. The van der Waals surface area contributed by atoms with Gasteiger partial charge in [0, 0.05) is 35.1 Å². The summed E-state index contributed by atoms with van der Waals surface area (Å²) in [5.41, 5.74) is 2.95. The Labute approximate surface area is 193 Å². The van der Waals surface area contributed by atoms with Crippen molar-refractivity contribution in [3.63, 3.8) is 0 Å². The first-order valence-electron chi connectivity index (χ1n) is 11.4. The van der Waals surface area contributed by atoms with E-state index in [1.54, 1.807) is 0 Å². The van der Waals surface area contributed by atoms with Gasteiger partial charge in [-0.05, 0) is 75.9 Å². The van der Waals surface area contributed by atoms with Gasteiger partial charge < -0.3 is 14.8 Å². The lowest BCUT2D eigenvalue weighted by atomic mass is 10.2. The molecule has 2 aliphatic rings. The largest absolute Gasteiger partial charge is 0.356 e. The second-order valence-corrected chi connectivity index (χ2v) is 9.84. The molecule has 1 heterocycles. The van der Waals surface area contributed by atoms with E-state index in [1.807, 2.05) is 59.5 Å². The van der Waals surface area contributed by atoms with Crippen LogP contribution in [0.25, 0.3) is 0 Å². The van der Waals surface area contributed by atoms with Crippen LogP contribution < -0.4 is 10.2 Å². The van der Waals surface area contributed by atoms with E-state index in [2.05, 4.69) is 33.9 Å². The van der Waals surface area contributed by atoms with E-state index >= 15 is 0 Å². The number of rotatable bonds is 9. The molecular weight excluding hydrogens is 418 g/mol. The minimum absolute atomic E-state index is 0.0689. The van der Waals surface area contributed by atoms with Gasteiger partial charge in [-0.3, -0.25) is 4.79 Å². The number of carbonyl (C=O) groups excluding carboxylic acids is 1. The Balaban J connectivity index is 1.26. The van der Waals surface area contributed by atoms with Gasteiger partial charge in [0.15, 0.2) is 5.16 Å². The van der Waals surface area contributed by atoms with Crippen molar-refractivity contribution in [2.75, 3.05) is 16.0 Å². The zero-order valence-electron chi connectivity index (χ0n) is 18.6. The number of amides is 1. The van der Waals surface area contributed by atoms with Crippen molar-refractivity contribution < 1.29 is 4.79 Å². The SMILES string of the molecule is CC(C)N(C(=O)CSc1nnc(C2CC2)n1C1CC1)c1ccc(Nc2ccccc2)cc1. The van der Waals surface area contributed by atoms with Crippen LogP contribution >= 0.6 is 11.8 Å². The lowest BCUT2D eigenvalue weighted by Crippen LogP contribution is -2.38. The van der Waals surface area contributed by atoms with E-state index in [9.17, 15) is 4.79 Å². The summed E-state index contributed by atoms with van der Waals surface area (Å²) in [7, 11) is 0. The van der Waals surface area contributed by atoms with Crippen LogP contribution in [0.1, 0.15) is 57.3 Å². The van der Waals surface area contributed by atoms with Gasteiger partial charge in [-0.25, -0.2) is 0 Å². The Morgan fingerprint density at radius 3 is 2.34 bits per heavy atom. The van der Waals surface area contributed by atoms with Gasteiger partial charge in [0.25, 0.3) is 0 Å². The second kappa shape index (κ2) is 8.98. The summed E-state index contributed by atoms with van der Waals surface area (Å²) in [6.07, 6.45) is 4.82. The number of hydrogen-bond donors (Lipinski definition) is 1. The highest BCUT2D eigenvalue weighted by Crippen LogP contribution is 2.46. The summed E-state index contributed by atoms with van der Waals surface area (Å²) in [6.45, 7) is 4.10. The number of para-hydroxylation sites is 1. The fourth-order valence-electron chi connectivity index (χ4n) is 4.00. The number of benzene rings is 2. The summed E-state index contributed by atoms with van der Waals surface area (Å²) in [5.74, 6) is 2.15. The van der Waals surface area contributed by atoms with E-state index in [4.69, 9.17) is 0 Å². The van der Waals surface area contributed by atoms with Crippen molar-refractivity contribution in [1.82, 2.24) is 14.8 Å². The zero-order valence-corrected chi connectivity index (χ0v) is 19.4. The highest BCUT2D eigenvalue weighted by molar-refractivity contribution is 7.99. The van der Waals surface area contributed by atoms with Crippen molar-refractivity contribution >= 4 is 34.7 Å². The average Bonchev–Trinajstić information content (AvgIpc) is 3.73. The maximum atomic E-state index is 13.2. The number of thioether (sulfide) groups is 1. The predicted octanol–water partition coefficient (Wildman–Crippen LogP) is 5.77. The van der Waals surface area contributed by atoms with Crippen LogP contribution in [0.2, 0.25) is 0 Å². The van der Waals surface area contributed by atoms with Crippen LogP contribution in [0, 0.1) is 0 Å². The minimum Gasteiger partial charge on any atom is -0.356 e. The van der Waals surface area contributed by atoms with E-state index in [0.29, 0.717) is 17.7 Å². The monoisotopic (exact) mass is 447 g/mol. The van der Waals surface area contributed by atoms with Crippen LogP contribution in [0.3, 0.4) is 0 Å². The third kappa shape index (κ3) is 4.67. The molecule has 2 aromatic carbocycles. The smallest absolute Gasteiger partial charge is 0.237 e. The molecular formula is C25H29N5OS. The van der Waals surface area contributed by atoms with E-state index in [0.717, 1.165) is 28.0 Å². The molecule has 0 spiro atoms. The first-order chi connectivity index (χ1) is 15.6. The normalized spacial score (nSPS) is 15.7. The molecule has 0 bridgehead atoms. The quantitative estimate of drug-likeness (QED) is 0.422. The van der Waals surface area contributed by atoms with Crippen LogP contribution in [0.4, 0.5) is 17.1 Å². The van der Waals surface area contributed by atoms with Crippen LogP contribution in [0.15, 0.2) is 59.8 Å². The van der Waals surface area contributed by atoms with Crippen LogP contribution in [-0.2, 0) is 4.79 Å². The number of carbonyl (C=O) groups is 1. The number of anilines is 3. The fourth-order valence-corrected chi connectivity index (χ4v) is 4.87. The van der Waals surface area contributed by atoms with Crippen molar-refractivity contribution in [3.8, 4) is 0 Å². The Hall–Kier alpha value is -2.80. The van der Waals surface area contributed by atoms with Gasteiger partial charge in [-0.1, -0.05) is 30.0 Å². The Kier molecular flexibility index (Phi) is 5.91. The molecule has 0 saturated heterocycles. The summed E-state index contributed by atoms with van der Waals surface area (Å²) < 4.78 is 2.30. The molecule has 0 radical (unpaired) electrons. The molecule has 1 amide bonds. The van der Waals surface area contributed by atoms with Gasteiger partial charge in [-0.2, -0.15) is 0 Å². The van der Waals surface area contributed by atoms with Gasteiger partial charge in [-0.15, -0.1) is 10.2 Å². The molecule has 5 rings (SSSR count). The Bertz CT molecular complexity index is 1070. The molecule has 0 unspecified atom stereocenters. The van der Waals surface area contributed by atoms with Crippen LogP contribution in [0.5, 0.6) is 0 Å². The van der Waals surface area contributed by atoms with E-state index < -0.39 is 0 Å². The fraction of sp³-hybridized carbons (Fsp3) is 0.400. The first kappa shape index (κ1) is 21.1. The molecule has 3 aromatic rings. The van der Waals surface area contributed by atoms with Crippen molar-refractivity contribution in [1.29, 1.82) is 0 Å². The van der Waals surface area contributed by atoms with Crippen LogP contribution in [-0.4, -0.2) is 32.5 Å². The average molecular weight is 448 g/mol. The van der Waals surface area contributed by atoms with Gasteiger partial charge in [0.2, 0.25) is 5.91 Å². The standard InChI is InChI=1S/C25H29N5OS/c1-17(2)29(21-12-10-20(11-13-21)26-19-6-4-3-5-7-19)23(31)16-32-25-28-27-24(18-8-9-18)30(25)22-14-15-22/h3-7,10-13,17-18,22,26H,8-9,14-16H2,1-2H3. The van der Waals surface area contributed by atoms with Crippen molar-refractivity contribution in [3.05, 3.63) is 60.4 Å². The summed E-state index contributed by atoms with van der Waals surface area (Å²) in [6, 6.07) is 18.7. The molecule has 2 saturated carbocycles. The summed E-state index contributed by atoms with van der Waals surface area (Å²) in [5, 5.41) is 13.2. The molecule has 6 nitrogen and oxygen atoms in total. The summed E-state index contributed by atoms with van der Waals surface area (Å²) in [4.78, 5) is 15.1. The van der Waals surface area contributed by atoms with Gasteiger partial charge >= 0.3 is 0 Å². The van der Waals surface area contributed by atoms with E-state index in [-0.39, 0.29) is 11.9 Å². The molecule has 7 heteroatoms. The number of nitrogens with zero attached hydrogens (tertiary/aromatic N) is 4. The third-order valence-electron chi connectivity index (χ3n) is 5.86. The van der Waals surface area contributed by atoms with Crippen molar-refractivity contribution in [2.24, 2.45) is 0 Å². The molecule has 1 N–H and O–H groups in total.